The van der Waals surface area contributed by atoms with E-state index in [1.54, 1.807) is 0 Å². The number of carbonyl (C=O) groups is 2. The van der Waals surface area contributed by atoms with Gasteiger partial charge in [0, 0.05) is 30.9 Å². The Morgan fingerprint density at radius 2 is 1.70 bits per heavy atom. The van der Waals surface area contributed by atoms with Gasteiger partial charge in [-0.25, -0.2) is 0 Å². The first-order valence-electron chi connectivity index (χ1n) is 7.55. The van der Waals surface area contributed by atoms with Gasteiger partial charge in [0.25, 0.3) is 5.91 Å². The van der Waals surface area contributed by atoms with E-state index in [4.69, 9.17) is 4.84 Å². The number of amides is 1. The Hall–Kier alpha value is -2.56. The van der Waals surface area contributed by atoms with Crippen molar-refractivity contribution in [2.45, 2.75) is 40.7 Å². The van der Waals surface area contributed by atoms with Gasteiger partial charge in [-0.1, -0.05) is 12.1 Å². The van der Waals surface area contributed by atoms with Crippen LogP contribution in [0.1, 0.15) is 43.8 Å². The van der Waals surface area contributed by atoms with Gasteiger partial charge in [-0.3, -0.25) is 9.59 Å². The van der Waals surface area contributed by atoms with Crippen molar-refractivity contribution in [3.8, 4) is 5.69 Å². The standard InChI is InChI=1S/C18H22N2O3/c1-12-9-10-13(2)19(12)18-8-6-7-17(11-18)14(3)20(15(4)21)23-16(5)22/h6-11,14H,1-5H3. The van der Waals surface area contributed by atoms with Crippen LogP contribution in [0.3, 0.4) is 0 Å². The third kappa shape index (κ3) is 3.62. The van der Waals surface area contributed by atoms with E-state index in [1.165, 1.54) is 13.8 Å². The molecule has 0 fully saturated rings. The van der Waals surface area contributed by atoms with Crippen LogP contribution in [0.25, 0.3) is 5.69 Å². The van der Waals surface area contributed by atoms with Crippen LogP contribution in [0.15, 0.2) is 36.4 Å². The lowest BCUT2D eigenvalue weighted by atomic mass is 10.1. The van der Waals surface area contributed by atoms with Crippen LogP contribution in [0.4, 0.5) is 0 Å². The number of hydrogen-bond donors (Lipinski definition) is 0. The molecule has 1 aromatic carbocycles. The molecule has 5 heteroatoms. The molecule has 1 heterocycles. The molecule has 1 unspecified atom stereocenters. The quantitative estimate of drug-likeness (QED) is 0.815. The Morgan fingerprint density at radius 1 is 1.09 bits per heavy atom. The average molecular weight is 314 g/mol. The second kappa shape index (κ2) is 6.69. The van der Waals surface area contributed by atoms with Gasteiger partial charge in [0.05, 0.1) is 6.04 Å². The van der Waals surface area contributed by atoms with Crippen LogP contribution < -0.4 is 0 Å². The zero-order chi connectivity index (χ0) is 17.1. The molecule has 1 aromatic heterocycles. The van der Waals surface area contributed by atoms with Crippen LogP contribution in [-0.2, 0) is 14.4 Å². The lowest BCUT2D eigenvalue weighted by Crippen LogP contribution is -2.33. The fraction of sp³-hybridized carbons (Fsp3) is 0.333. The summed E-state index contributed by atoms with van der Waals surface area (Å²) in [5.74, 6) is -0.827. The van der Waals surface area contributed by atoms with E-state index in [-0.39, 0.29) is 11.9 Å². The van der Waals surface area contributed by atoms with Crippen molar-refractivity contribution in [1.29, 1.82) is 0 Å². The maximum atomic E-state index is 11.8. The minimum Gasteiger partial charge on any atom is -0.338 e. The molecule has 1 amide bonds. The van der Waals surface area contributed by atoms with E-state index < -0.39 is 5.97 Å². The van der Waals surface area contributed by atoms with Gasteiger partial charge in [0.2, 0.25) is 0 Å². The first kappa shape index (κ1) is 16.8. The third-order valence-corrected chi connectivity index (χ3v) is 3.77. The summed E-state index contributed by atoms with van der Waals surface area (Å²) in [7, 11) is 0. The Balaban J connectivity index is 2.39. The molecule has 0 spiro atoms. The number of hydrogen-bond acceptors (Lipinski definition) is 3. The summed E-state index contributed by atoms with van der Waals surface area (Å²) in [5, 5.41) is 1.11. The molecule has 2 aromatic rings. The van der Waals surface area contributed by atoms with Gasteiger partial charge in [-0.15, -0.1) is 0 Å². The summed E-state index contributed by atoms with van der Waals surface area (Å²) in [6, 6.07) is 11.6. The van der Waals surface area contributed by atoms with E-state index in [2.05, 4.69) is 16.7 Å². The van der Waals surface area contributed by atoms with Crippen LogP contribution >= 0.6 is 0 Å². The van der Waals surface area contributed by atoms with Gasteiger partial charge in [-0.05, 0) is 50.6 Å². The van der Waals surface area contributed by atoms with Crippen molar-refractivity contribution < 1.29 is 14.4 Å². The largest absolute Gasteiger partial charge is 0.338 e. The number of aromatic nitrogens is 1. The van der Waals surface area contributed by atoms with E-state index in [0.717, 1.165) is 27.7 Å². The lowest BCUT2D eigenvalue weighted by molar-refractivity contribution is -0.203. The minimum absolute atomic E-state index is 0.313. The predicted octanol–water partition coefficient (Wildman–Crippen LogP) is 3.48. The number of nitrogens with zero attached hydrogens (tertiary/aromatic N) is 2. The predicted molar refractivity (Wildman–Crippen MR) is 87.9 cm³/mol. The average Bonchev–Trinajstić information content (AvgIpc) is 2.83. The van der Waals surface area contributed by atoms with Crippen molar-refractivity contribution in [2.24, 2.45) is 0 Å². The molecule has 0 bridgehead atoms. The molecule has 23 heavy (non-hydrogen) atoms. The minimum atomic E-state index is -0.514. The first-order chi connectivity index (χ1) is 10.8. The highest BCUT2D eigenvalue weighted by molar-refractivity contribution is 5.75. The van der Waals surface area contributed by atoms with Gasteiger partial charge in [0.15, 0.2) is 0 Å². The van der Waals surface area contributed by atoms with Crippen LogP contribution in [0.2, 0.25) is 0 Å². The van der Waals surface area contributed by atoms with Gasteiger partial charge >= 0.3 is 5.97 Å². The van der Waals surface area contributed by atoms with Crippen molar-refractivity contribution in [3.05, 3.63) is 53.3 Å². The monoisotopic (exact) mass is 314 g/mol. The van der Waals surface area contributed by atoms with Gasteiger partial charge in [0.1, 0.15) is 0 Å². The maximum Gasteiger partial charge on any atom is 0.329 e. The lowest BCUT2D eigenvalue weighted by Gasteiger charge is -2.26. The zero-order valence-corrected chi connectivity index (χ0v) is 14.2. The number of rotatable bonds is 3. The van der Waals surface area contributed by atoms with Crippen molar-refractivity contribution >= 4 is 11.9 Å². The van der Waals surface area contributed by atoms with E-state index in [1.807, 2.05) is 45.0 Å². The second-order valence-electron chi connectivity index (χ2n) is 5.65. The summed E-state index contributed by atoms with van der Waals surface area (Å²) >= 11 is 0. The molecule has 0 saturated carbocycles. The Labute approximate surface area is 136 Å². The summed E-state index contributed by atoms with van der Waals surface area (Å²) in [6.45, 7) is 8.58. The highest BCUT2D eigenvalue weighted by Crippen LogP contribution is 2.25. The summed E-state index contributed by atoms with van der Waals surface area (Å²) in [6.07, 6.45) is 0. The van der Waals surface area contributed by atoms with Crippen LogP contribution in [0.5, 0.6) is 0 Å². The normalized spacial score (nSPS) is 11.9. The molecule has 122 valence electrons. The van der Waals surface area contributed by atoms with Crippen LogP contribution in [0, 0.1) is 13.8 Å². The van der Waals surface area contributed by atoms with Crippen molar-refractivity contribution in [3.63, 3.8) is 0 Å². The third-order valence-electron chi connectivity index (χ3n) is 3.77. The molecule has 0 radical (unpaired) electrons. The molecular formula is C18H22N2O3. The van der Waals surface area contributed by atoms with Crippen molar-refractivity contribution in [1.82, 2.24) is 9.63 Å². The molecule has 0 aliphatic heterocycles. The number of benzene rings is 1. The van der Waals surface area contributed by atoms with E-state index in [0.29, 0.717) is 0 Å². The van der Waals surface area contributed by atoms with E-state index in [9.17, 15) is 9.59 Å². The molecule has 0 aliphatic carbocycles. The molecule has 1 atom stereocenters. The molecule has 0 saturated heterocycles. The number of carbonyl (C=O) groups excluding carboxylic acids is 2. The number of hydroxylamine groups is 2. The molecule has 5 nitrogen and oxygen atoms in total. The zero-order valence-electron chi connectivity index (χ0n) is 14.2. The van der Waals surface area contributed by atoms with Crippen molar-refractivity contribution in [2.75, 3.05) is 0 Å². The molecular weight excluding hydrogens is 292 g/mol. The first-order valence-corrected chi connectivity index (χ1v) is 7.55. The fourth-order valence-corrected chi connectivity index (χ4v) is 2.69. The topological polar surface area (TPSA) is 51.5 Å². The van der Waals surface area contributed by atoms with Gasteiger partial charge < -0.3 is 9.40 Å². The summed E-state index contributed by atoms with van der Waals surface area (Å²) < 4.78 is 2.14. The van der Waals surface area contributed by atoms with E-state index >= 15 is 0 Å². The maximum absolute atomic E-state index is 11.8. The van der Waals surface area contributed by atoms with Crippen LogP contribution in [-0.4, -0.2) is 21.5 Å². The summed E-state index contributed by atoms with van der Waals surface area (Å²) in [5.41, 5.74) is 4.18. The molecule has 2 rings (SSSR count). The highest BCUT2D eigenvalue weighted by atomic mass is 16.7. The molecule has 0 N–H and O–H groups in total. The smallest absolute Gasteiger partial charge is 0.329 e. The highest BCUT2D eigenvalue weighted by Gasteiger charge is 2.22. The molecule has 0 aliphatic rings. The summed E-state index contributed by atoms with van der Waals surface area (Å²) in [4.78, 5) is 28.0. The SMILES string of the molecule is CC(=O)ON(C(C)=O)C(C)c1cccc(-n2c(C)ccc2C)c1. The second-order valence-corrected chi connectivity index (χ2v) is 5.65. The Bertz CT molecular complexity index is 714. The fourth-order valence-electron chi connectivity index (χ4n) is 2.69. The Morgan fingerprint density at radius 3 is 2.22 bits per heavy atom. The Kier molecular flexibility index (Phi) is 4.89. The number of aryl methyl sites for hydroxylation is 2. The van der Waals surface area contributed by atoms with Gasteiger partial charge in [-0.2, -0.15) is 5.06 Å².